The summed E-state index contributed by atoms with van der Waals surface area (Å²) in [5, 5.41) is 3.17. The zero-order valence-corrected chi connectivity index (χ0v) is 11.1. The standard InChI is InChI=1S/C16H17F2N/c1-11-9-13(17)7-8-14(11)16(19-2)10-12-5-3-4-6-15(12)18/h3-9,16,19H,10H2,1-2H3. The number of hydrogen-bond acceptors (Lipinski definition) is 1. The van der Waals surface area contributed by atoms with Gasteiger partial charge in [0.05, 0.1) is 0 Å². The largest absolute Gasteiger partial charge is 0.313 e. The average molecular weight is 261 g/mol. The lowest BCUT2D eigenvalue weighted by Crippen LogP contribution is -2.20. The van der Waals surface area contributed by atoms with E-state index in [2.05, 4.69) is 5.32 Å². The molecule has 0 aliphatic carbocycles. The molecule has 0 aliphatic rings. The molecule has 1 nitrogen and oxygen atoms in total. The Balaban J connectivity index is 2.28. The predicted molar refractivity (Wildman–Crippen MR) is 73.0 cm³/mol. The summed E-state index contributed by atoms with van der Waals surface area (Å²) < 4.78 is 26.8. The molecule has 0 saturated heterocycles. The number of hydrogen-bond donors (Lipinski definition) is 1. The molecule has 0 spiro atoms. The molecule has 2 rings (SSSR count). The van der Waals surface area contributed by atoms with Gasteiger partial charge in [0.15, 0.2) is 0 Å². The maximum absolute atomic E-state index is 13.7. The summed E-state index contributed by atoms with van der Waals surface area (Å²) in [7, 11) is 1.83. The highest BCUT2D eigenvalue weighted by Crippen LogP contribution is 2.23. The molecule has 1 atom stereocenters. The van der Waals surface area contributed by atoms with Crippen LogP contribution >= 0.6 is 0 Å². The predicted octanol–water partition coefficient (Wildman–Crippen LogP) is 3.78. The molecule has 0 amide bonds. The summed E-state index contributed by atoms with van der Waals surface area (Å²) in [6.07, 6.45) is 0.537. The minimum absolute atomic E-state index is 0.0301. The Morgan fingerprint density at radius 3 is 2.47 bits per heavy atom. The Labute approximate surface area is 112 Å². The van der Waals surface area contributed by atoms with Gasteiger partial charge in [0.25, 0.3) is 0 Å². The third-order valence-electron chi connectivity index (χ3n) is 3.34. The molecule has 0 saturated carbocycles. The molecule has 0 aliphatic heterocycles. The lowest BCUT2D eigenvalue weighted by atomic mass is 9.95. The number of rotatable bonds is 4. The second-order valence-corrected chi connectivity index (χ2v) is 4.64. The molecule has 0 bridgehead atoms. The maximum atomic E-state index is 13.7. The molecular weight excluding hydrogens is 244 g/mol. The molecular formula is C16H17F2N. The summed E-state index contributed by atoms with van der Waals surface area (Å²) in [4.78, 5) is 0. The Morgan fingerprint density at radius 1 is 1.11 bits per heavy atom. The van der Waals surface area contributed by atoms with E-state index < -0.39 is 0 Å². The third-order valence-corrected chi connectivity index (χ3v) is 3.34. The van der Waals surface area contributed by atoms with E-state index in [9.17, 15) is 8.78 Å². The van der Waals surface area contributed by atoms with E-state index in [1.54, 1.807) is 18.2 Å². The highest BCUT2D eigenvalue weighted by molar-refractivity contribution is 5.31. The van der Waals surface area contributed by atoms with Crippen LogP contribution in [0.25, 0.3) is 0 Å². The van der Waals surface area contributed by atoms with Gasteiger partial charge in [0, 0.05) is 6.04 Å². The van der Waals surface area contributed by atoms with Crippen molar-refractivity contribution in [2.45, 2.75) is 19.4 Å². The van der Waals surface area contributed by atoms with Crippen LogP contribution in [-0.4, -0.2) is 7.05 Å². The highest BCUT2D eigenvalue weighted by atomic mass is 19.1. The monoisotopic (exact) mass is 261 g/mol. The molecule has 100 valence electrons. The summed E-state index contributed by atoms with van der Waals surface area (Å²) in [5.41, 5.74) is 2.52. The first-order valence-corrected chi connectivity index (χ1v) is 6.28. The van der Waals surface area contributed by atoms with Gasteiger partial charge in [-0.25, -0.2) is 8.78 Å². The van der Waals surface area contributed by atoms with Crippen molar-refractivity contribution in [1.29, 1.82) is 0 Å². The second kappa shape index (κ2) is 5.93. The summed E-state index contributed by atoms with van der Waals surface area (Å²) in [5.74, 6) is -0.454. The normalized spacial score (nSPS) is 12.4. The van der Waals surface area contributed by atoms with Gasteiger partial charge >= 0.3 is 0 Å². The fourth-order valence-electron chi connectivity index (χ4n) is 2.28. The molecule has 19 heavy (non-hydrogen) atoms. The maximum Gasteiger partial charge on any atom is 0.126 e. The van der Waals surface area contributed by atoms with Crippen LogP contribution in [0.4, 0.5) is 8.78 Å². The minimum Gasteiger partial charge on any atom is -0.313 e. The molecule has 2 aromatic carbocycles. The SMILES string of the molecule is CNC(Cc1ccccc1F)c1ccc(F)cc1C. The van der Waals surface area contributed by atoms with E-state index in [1.807, 2.05) is 20.0 Å². The topological polar surface area (TPSA) is 12.0 Å². The lowest BCUT2D eigenvalue weighted by Gasteiger charge is -2.19. The zero-order valence-electron chi connectivity index (χ0n) is 11.1. The van der Waals surface area contributed by atoms with Gasteiger partial charge in [-0.15, -0.1) is 0 Å². The van der Waals surface area contributed by atoms with Crippen LogP contribution < -0.4 is 5.32 Å². The van der Waals surface area contributed by atoms with Crippen LogP contribution in [0.3, 0.4) is 0 Å². The fraction of sp³-hybridized carbons (Fsp3) is 0.250. The summed E-state index contributed by atoms with van der Waals surface area (Å²) in [6.45, 7) is 1.87. The van der Waals surface area contributed by atoms with Crippen molar-refractivity contribution in [3.63, 3.8) is 0 Å². The van der Waals surface area contributed by atoms with Gasteiger partial charge in [0.1, 0.15) is 11.6 Å². The Bertz CT molecular complexity index is 566. The van der Waals surface area contributed by atoms with E-state index in [0.29, 0.717) is 12.0 Å². The molecule has 0 radical (unpaired) electrons. The van der Waals surface area contributed by atoms with E-state index in [1.165, 1.54) is 18.2 Å². The second-order valence-electron chi connectivity index (χ2n) is 4.64. The lowest BCUT2D eigenvalue weighted by molar-refractivity contribution is 0.550. The molecule has 0 fully saturated rings. The van der Waals surface area contributed by atoms with E-state index >= 15 is 0 Å². The van der Waals surface area contributed by atoms with Crippen molar-refractivity contribution in [3.05, 3.63) is 70.8 Å². The van der Waals surface area contributed by atoms with Crippen molar-refractivity contribution < 1.29 is 8.78 Å². The van der Waals surface area contributed by atoms with E-state index in [4.69, 9.17) is 0 Å². The molecule has 1 unspecified atom stereocenters. The van der Waals surface area contributed by atoms with Crippen LogP contribution in [0.1, 0.15) is 22.7 Å². The summed E-state index contributed by atoms with van der Waals surface area (Å²) >= 11 is 0. The molecule has 1 N–H and O–H groups in total. The van der Waals surface area contributed by atoms with Gasteiger partial charge in [-0.2, -0.15) is 0 Å². The Hall–Kier alpha value is -1.74. The van der Waals surface area contributed by atoms with E-state index in [0.717, 1.165) is 11.1 Å². The van der Waals surface area contributed by atoms with Crippen molar-refractivity contribution in [2.24, 2.45) is 0 Å². The van der Waals surface area contributed by atoms with Crippen molar-refractivity contribution in [2.75, 3.05) is 7.05 Å². The van der Waals surface area contributed by atoms with Crippen LogP contribution in [0.15, 0.2) is 42.5 Å². The third kappa shape index (κ3) is 3.18. The quantitative estimate of drug-likeness (QED) is 0.883. The molecule has 0 aromatic heterocycles. The van der Waals surface area contributed by atoms with Crippen LogP contribution in [0, 0.1) is 18.6 Å². The van der Waals surface area contributed by atoms with Crippen LogP contribution in [0.5, 0.6) is 0 Å². The zero-order chi connectivity index (χ0) is 13.8. The van der Waals surface area contributed by atoms with Gasteiger partial charge in [-0.3, -0.25) is 0 Å². The van der Waals surface area contributed by atoms with Gasteiger partial charge in [-0.1, -0.05) is 24.3 Å². The Morgan fingerprint density at radius 2 is 1.84 bits per heavy atom. The smallest absolute Gasteiger partial charge is 0.126 e. The number of likely N-dealkylation sites (N-methyl/N-ethyl adjacent to an activating group) is 1. The number of aryl methyl sites for hydroxylation is 1. The average Bonchev–Trinajstić information content (AvgIpc) is 2.39. The van der Waals surface area contributed by atoms with Gasteiger partial charge in [0.2, 0.25) is 0 Å². The molecule has 3 heteroatoms. The van der Waals surface area contributed by atoms with Crippen LogP contribution in [-0.2, 0) is 6.42 Å². The van der Waals surface area contributed by atoms with Crippen molar-refractivity contribution in [1.82, 2.24) is 5.32 Å². The first kappa shape index (κ1) is 13.7. The van der Waals surface area contributed by atoms with Crippen LogP contribution in [0.2, 0.25) is 0 Å². The van der Waals surface area contributed by atoms with Gasteiger partial charge < -0.3 is 5.32 Å². The first-order valence-electron chi connectivity index (χ1n) is 6.28. The van der Waals surface area contributed by atoms with E-state index in [-0.39, 0.29) is 17.7 Å². The first-order chi connectivity index (χ1) is 9.11. The molecule has 2 aromatic rings. The van der Waals surface area contributed by atoms with Crippen molar-refractivity contribution in [3.8, 4) is 0 Å². The Kier molecular flexibility index (Phi) is 4.27. The minimum atomic E-state index is -0.248. The fourth-order valence-corrected chi connectivity index (χ4v) is 2.28. The number of halogens is 2. The van der Waals surface area contributed by atoms with Gasteiger partial charge in [-0.05, 0) is 55.3 Å². The summed E-state index contributed by atoms with van der Waals surface area (Å²) in [6, 6.07) is 11.4. The highest BCUT2D eigenvalue weighted by Gasteiger charge is 2.14. The van der Waals surface area contributed by atoms with Crippen molar-refractivity contribution >= 4 is 0 Å². The number of nitrogens with one attached hydrogen (secondary N) is 1. The molecule has 0 heterocycles. The number of benzene rings is 2.